The summed E-state index contributed by atoms with van der Waals surface area (Å²) in [5.74, 6) is -0.127. The maximum atomic E-state index is 13.6. The highest BCUT2D eigenvalue weighted by molar-refractivity contribution is 7.91. The molecule has 0 saturated carbocycles. The first-order valence-corrected chi connectivity index (χ1v) is 7.46. The van der Waals surface area contributed by atoms with Gasteiger partial charge >= 0.3 is 0 Å². The Balaban J connectivity index is 2.19. The molecule has 0 spiro atoms. The normalized spacial score (nSPS) is 16.7. The molecule has 100 valence electrons. The zero-order valence-electron chi connectivity index (χ0n) is 10.2. The van der Waals surface area contributed by atoms with Crippen LogP contribution in [0.4, 0.5) is 10.1 Å². The molecule has 19 heavy (non-hydrogen) atoms. The number of nitrogens with zero attached hydrogens (tertiary/aromatic N) is 1. The van der Waals surface area contributed by atoms with E-state index < -0.39 is 15.8 Å². The Bertz CT molecular complexity index is 752. The Morgan fingerprint density at radius 3 is 2.84 bits per heavy atom. The molecular weight excluding hydrogens is 269 g/mol. The van der Waals surface area contributed by atoms with Crippen LogP contribution in [0.1, 0.15) is 5.82 Å². The molecular formula is C12H12FN3O2S. The van der Waals surface area contributed by atoms with Gasteiger partial charge in [0.25, 0.3) is 0 Å². The van der Waals surface area contributed by atoms with E-state index in [1.807, 2.05) is 0 Å². The number of aromatic amines is 1. The van der Waals surface area contributed by atoms with Crippen LogP contribution in [0, 0.1) is 12.9 Å². The number of hydrogen-bond acceptors (Lipinski definition) is 4. The second kappa shape index (κ2) is 4.06. The summed E-state index contributed by atoms with van der Waals surface area (Å²) in [6.45, 7) is 2.04. The zero-order valence-corrected chi connectivity index (χ0v) is 11.0. The van der Waals surface area contributed by atoms with Gasteiger partial charge in [-0.1, -0.05) is 6.07 Å². The molecule has 0 fully saturated rings. The molecule has 0 atom stereocenters. The highest BCUT2D eigenvalue weighted by Gasteiger charge is 2.24. The van der Waals surface area contributed by atoms with Crippen molar-refractivity contribution in [2.75, 3.05) is 17.6 Å². The van der Waals surface area contributed by atoms with E-state index in [4.69, 9.17) is 0 Å². The summed E-state index contributed by atoms with van der Waals surface area (Å²) < 4.78 is 37.6. The van der Waals surface area contributed by atoms with E-state index in [0.717, 1.165) is 0 Å². The van der Waals surface area contributed by atoms with Crippen LogP contribution in [0.3, 0.4) is 0 Å². The second-order valence-electron chi connectivity index (χ2n) is 4.44. The van der Waals surface area contributed by atoms with Crippen molar-refractivity contribution in [1.82, 2.24) is 9.97 Å². The summed E-state index contributed by atoms with van der Waals surface area (Å²) in [5.41, 5.74) is 1.25. The summed E-state index contributed by atoms with van der Waals surface area (Å²) in [5, 5.41) is 3.02. The number of fused-ring (bicyclic) bond motifs is 1. The van der Waals surface area contributed by atoms with E-state index in [9.17, 15) is 12.8 Å². The largest absolute Gasteiger partial charge is 0.383 e. The molecule has 0 amide bonds. The molecule has 1 aliphatic rings. The van der Waals surface area contributed by atoms with Gasteiger partial charge < -0.3 is 10.3 Å². The van der Waals surface area contributed by atoms with Crippen LogP contribution in [0.25, 0.3) is 11.3 Å². The van der Waals surface area contributed by atoms with E-state index in [1.54, 1.807) is 19.1 Å². The highest BCUT2D eigenvalue weighted by Crippen LogP contribution is 2.31. The van der Waals surface area contributed by atoms with E-state index in [1.165, 1.54) is 6.07 Å². The summed E-state index contributed by atoms with van der Waals surface area (Å²) >= 11 is 0. The molecule has 0 bridgehead atoms. The maximum Gasteiger partial charge on any atom is 0.238 e. The van der Waals surface area contributed by atoms with E-state index in [0.29, 0.717) is 23.6 Å². The third-order valence-electron chi connectivity index (χ3n) is 3.07. The first-order valence-electron chi connectivity index (χ1n) is 5.80. The average Bonchev–Trinajstić information content (AvgIpc) is 2.68. The number of benzene rings is 1. The van der Waals surface area contributed by atoms with Crippen molar-refractivity contribution in [1.29, 1.82) is 0 Å². The lowest BCUT2D eigenvalue weighted by atomic mass is 10.1. The minimum absolute atomic E-state index is 0.0495. The number of anilines is 1. The van der Waals surface area contributed by atoms with Gasteiger partial charge in [0.2, 0.25) is 5.95 Å². The second-order valence-corrected chi connectivity index (χ2v) is 6.52. The molecule has 5 nitrogen and oxygen atoms in total. The van der Waals surface area contributed by atoms with Crippen LogP contribution in [-0.2, 0) is 9.84 Å². The molecule has 0 aliphatic carbocycles. The number of sulfone groups is 1. The summed E-state index contributed by atoms with van der Waals surface area (Å²) in [6, 6.07) is 4.80. The molecule has 2 N–H and O–H groups in total. The number of hydrogen-bond donors (Lipinski definition) is 2. The maximum absolute atomic E-state index is 13.6. The van der Waals surface area contributed by atoms with Gasteiger partial charge in [0, 0.05) is 12.1 Å². The Kier molecular flexibility index (Phi) is 2.60. The standard InChI is InChI=1S/C12H12FN3O2S/c1-7-15-11(12(13)16-7)8-2-3-9-10(6-8)19(17,18)5-4-14-9/h2-3,6,14H,4-5H2,1H3,(H,15,16). The third-order valence-corrected chi connectivity index (χ3v) is 4.82. The fraction of sp³-hybridized carbons (Fsp3) is 0.250. The lowest BCUT2D eigenvalue weighted by Crippen LogP contribution is -2.23. The van der Waals surface area contributed by atoms with Gasteiger partial charge in [-0.05, 0) is 19.1 Å². The number of imidazole rings is 1. The molecule has 0 radical (unpaired) electrons. The topological polar surface area (TPSA) is 74.8 Å². The minimum Gasteiger partial charge on any atom is -0.383 e. The van der Waals surface area contributed by atoms with Crippen molar-refractivity contribution in [3.63, 3.8) is 0 Å². The molecule has 0 saturated heterocycles. The first-order chi connectivity index (χ1) is 8.97. The van der Waals surface area contributed by atoms with E-state index in [2.05, 4.69) is 15.3 Å². The minimum atomic E-state index is -3.30. The Morgan fingerprint density at radius 2 is 2.16 bits per heavy atom. The van der Waals surface area contributed by atoms with Gasteiger partial charge in [-0.15, -0.1) is 0 Å². The third kappa shape index (κ3) is 1.99. The molecule has 1 aromatic heterocycles. The van der Waals surface area contributed by atoms with Crippen molar-refractivity contribution >= 4 is 15.5 Å². The summed E-state index contributed by atoms with van der Waals surface area (Å²) in [4.78, 5) is 6.65. The fourth-order valence-corrected chi connectivity index (χ4v) is 3.54. The quantitative estimate of drug-likeness (QED) is 0.834. The Morgan fingerprint density at radius 1 is 1.37 bits per heavy atom. The van der Waals surface area contributed by atoms with Crippen LogP contribution in [-0.4, -0.2) is 30.7 Å². The Labute approximate surface area is 109 Å². The molecule has 2 heterocycles. The van der Waals surface area contributed by atoms with Gasteiger partial charge in [0.15, 0.2) is 9.84 Å². The monoisotopic (exact) mass is 281 g/mol. The summed E-state index contributed by atoms with van der Waals surface area (Å²) in [6.07, 6.45) is 0. The van der Waals surface area contributed by atoms with Gasteiger partial charge in [-0.3, -0.25) is 0 Å². The molecule has 1 aliphatic heterocycles. The van der Waals surface area contributed by atoms with Crippen LogP contribution < -0.4 is 5.32 Å². The van der Waals surface area contributed by atoms with Crippen LogP contribution in [0.2, 0.25) is 0 Å². The lowest BCUT2D eigenvalue weighted by Gasteiger charge is -2.18. The molecule has 0 unspecified atom stereocenters. The van der Waals surface area contributed by atoms with Gasteiger partial charge in [0.05, 0.1) is 16.3 Å². The number of halogens is 1. The predicted octanol–water partition coefficient (Wildman–Crippen LogP) is 1.72. The molecule has 2 aromatic rings. The van der Waals surface area contributed by atoms with Crippen molar-refractivity contribution < 1.29 is 12.8 Å². The number of rotatable bonds is 1. The molecule has 1 aromatic carbocycles. The number of H-pyrrole nitrogens is 1. The lowest BCUT2D eigenvalue weighted by molar-refractivity contribution is 0.591. The molecule has 7 heteroatoms. The average molecular weight is 281 g/mol. The number of nitrogens with one attached hydrogen (secondary N) is 2. The van der Waals surface area contributed by atoms with E-state index in [-0.39, 0.29) is 16.3 Å². The van der Waals surface area contributed by atoms with Gasteiger partial charge in [0.1, 0.15) is 11.5 Å². The summed E-state index contributed by atoms with van der Waals surface area (Å²) in [7, 11) is -3.30. The molecule has 3 rings (SSSR count). The van der Waals surface area contributed by atoms with Crippen molar-refractivity contribution in [2.45, 2.75) is 11.8 Å². The zero-order chi connectivity index (χ0) is 13.6. The predicted molar refractivity (Wildman–Crippen MR) is 69.3 cm³/mol. The van der Waals surface area contributed by atoms with Gasteiger partial charge in [-0.2, -0.15) is 4.39 Å². The fourth-order valence-electron chi connectivity index (χ4n) is 2.17. The van der Waals surface area contributed by atoms with Gasteiger partial charge in [-0.25, -0.2) is 13.4 Å². The van der Waals surface area contributed by atoms with Crippen molar-refractivity contribution in [2.24, 2.45) is 0 Å². The van der Waals surface area contributed by atoms with Crippen molar-refractivity contribution in [3.05, 3.63) is 30.0 Å². The smallest absolute Gasteiger partial charge is 0.238 e. The van der Waals surface area contributed by atoms with Crippen molar-refractivity contribution in [3.8, 4) is 11.3 Å². The first kappa shape index (κ1) is 12.2. The number of aromatic nitrogens is 2. The van der Waals surface area contributed by atoms with Crippen LogP contribution in [0.5, 0.6) is 0 Å². The SMILES string of the molecule is Cc1nc(F)c(-c2ccc3c(c2)S(=O)(=O)CCN3)[nH]1. The number of aryl methyl sites for hydroxylation is 1. The van der Waals surface area contributed by atoms with Crippen LogP contribution in [0.15, 0.2) is 23.1 Å². The van der Waals surface area contributed by atoms with Crippen LogP contribution >= 0.6 is 0 Å². The highest BCUT2D eigenvalue weighted by atomic mass is 32.2. The Hall–Kier alpha value is -1.89. The van der Waals surface area contributed by atoms with E-state index >= 15 is 0 Å².